The molecule has 2 heteroatoms. The molecule has 1 aliphatic carbocycles. The molecule has 2 rings (SSSR count). The van der Waals surface area contributed by atoms with E-state index in [-0.39, 0.29) is 5.92 Å². The third kappa shape index (κ3) is 2.91. The van der Waals surface area contributed by atoms with Crippen LogP contribution in [-0.2, 0) is 0 Å². The van der Waals surface area contributed by atoms with Crippen molar-refractivity contribution in [1.82, 2.24) is 5.32 Å². The monoisotopic (exact) mass is 242 g/mol. The minimum Gasteiger partial charge on any atom is -0.306 e. The Balaban J connectivity index is 2.05. The Labute approximate surface area is 110 Å². The molecule has 0 heterocycles. The van der Waals surface area contributed by atoms with E-state index in [4.69, 9.17) is 5.26 Å². The standard InChI is InChI=1S/C16H22N2/c1-3-15(13-9-7-12(2)8-10-13)18-16-6-4-5-14(16)11-17/h7-10,14-16,18H,3-6H2,1-2H3. The maximum atomic E-state index is 9.14. The summed E-state index contributed by atoms with van der Waals surface area (Å²) in [4.78, 5) is 0. The topological polar surface area (TPSA) is 35.8 Å². The van der Waals surface area contributed by atoms with Crippen molar-refractivity contribution in [3.05, 3.63) is 35.4 Å². The summed E-state index contributed by atoms with van der Waals surface area (Å²) in [5, 5.41) is 12.8. The highest BCUT2D eigenvalue weighted by Crippen LogP contribution is 2.28. The van der Waals surface area contributed by atoms with Crippen molar-refractivity contribution in [2.75, 3.05) is 0 Å². The van der Waals surface area contributed by atoms with Crippen molar-refractivity contribution in [2.24, 2.45) is 5.92 Å². The van der Waals surface area contributed by atoms with Crippen LogP contribution >= 0.6 is 0 Å². The van der Waals surface area contributed by atoms with Crippen LogP contribution in [0.4, 0.5) is 0 Å². The third-order valence-electron chi connectivity index (χ3n) is 3.99. The van der Waals surface area contributed by atoms with E-state index >= 15 is 0 Å². The number of hydrogen-bond donors (Lipinski definition) is 1. The molecule has 0 radical (unpaired) electrons. The fourth-order valence-corrected chi connectivity index (χ4v) is 2.82. The molecule has 1 saturated carbocycles. The number of nitrogens with zero attached hydrogens (tertiary/aromatic N) is 1. The number of hydrogen-bond acceptors (Lipinski definition) is 2. The van der Waals surface area contributed by atoms with Crippen LogP contribution < -0.4 is 5.32 Å². The molecule has 18 heavy (non-hydrogen) atoms. The molecule has 2 nitrogen and oxygen atoms in total. The van der Waals surface area contributed by atoms with E-state index in [9.17, 15) is 0 Å². The molecule has 0 saturated heterocycles. The molecular weight excluding hydrogens is 220 g/mol. The molecule has 1 fully saturated rings. The van der Waals surface area contributed by atoms with Gasteiger partial charge in [0.05, 0.1) is 12.0 Å². The van der Waals surface area contributed by atoms with Gasteiger partial charge in [0.15, 0.2) is 0 Å². The predicted octanol–water partition coefficient (Wildman–Crippen LogP) is 3.73. The van der Waals surface area contributed by atoms with Gasteiger partial charge >= 0.3 is 0 Å². The van der Waals surface area contributed by atoms with Crippen molar-refractivity contribution in [2.45, 2.75) is 51.6 Å². The SMILES string of the molecule is CCC(NC1CCCC1C#N)c1ccc(C)cc1. The first-order valence-electron chi connectivity index (χ1n) is 6.96. The number of nitrogens with one attached hydrogen (secondary N) is 1. The highest BCUT2D eigenvalue weighted by atomic mass is 15.0. The van der Waals surface area contributed by atoms with Crippen molar-refractivity contribution in [3.63, 3.8) is 0 Å². The first kappa shape index (κ1) is 13.1. The normalized spacial score (nSPS) is 24.7. The molecule has 1 aromatic rings. The van der Waals surface area contributed by atoms with Crippen molar-refractivity contribution < 1.29 is 0 Å². The average molecular weight is 242 g/mol. The molecule has 3 unspecified atom stereocenters. The number of aryl methyl sites for hydroxylation is 1. The van der Waals surface area contributed by atoms with Crippen LogP contribution in [0.1, 0.15) is 49.8 Å². The lowest BCUT2D eigenvalue weighted by atomic mass is 9.99. The summed E-state index contributed by atoms with van der Waals surface area (Å²) in [6.07, 6.45) is 4.44. The molecule has 0 aliphatic heterocycles. The van der Waals surface area contributed by atoms with Gasteiger partial charge in [-0.1, -0.05) is 43.2 Å². The number of rotatable bonds is 4. The van der Waals surface area contributed by atoms with Crippen LogP contribution in [0.25, 0.3) is 0 Å². The molecular formula is C16H22N2. The zero-order valence-corrected chi connectivity index (χ0v) is 11.3. The Morgan fingerprint density at radius 2 is 2.06 bits per heavy atom. The Morgan fingerprint density at radius 3 is 2.67 bits per heavy atom. The van der Waals surface area contributed by atoms with Crippen molar-refractivity contribution >= 4 is 0 Å². The second kappa shape index (κ2) is 6.02. The largest absolute Gasteiger partial charge is 0.306 e. The van der Waals surface area contributed by atoms with E-state index in [0.29, 0.717) is 12.1 Å². The van der Waals surface area contributed by atoms with E-state index in [2.05, 4.69) is 49.5 Å². The summed E-state index contributed by atoms with van der Waals surface area (Å²) in [7, 11) is 0. The van der Waals surface area contributed by atoms with Gasteiger partial charge in [-0.3, -0.25) is 0 Å². The lowest BCUT2D eigenvalue weighted by Crippen LogP contribution is -2.34. The van der Waals surface area contributed by atoms with Gasteiger partial charge in [-0.2, -0.15) is 5.26 Å². The van der Waals surface area contributed by atoms with Gasteiger partial charge in [0.25, 0.3) is 0 Å². The quantitative estimate of drug-likeness (QED) is 0.873. The highest BCUT2D eigenvalue weighted by molar-refractivity contribution is 5.24. The van der Waals surface area contributed by atoms with Crippen molar-refractivity contribution in [3.8, 4) is 6.07 Å². The van der Waals surface area contributed by atoms with E-state index in [1.807, 2.05) is 0 Å². The van der Waals surface area contributed by atoms with Gasteiger partial charge in [-0.15, -0.1) is 0 Å². The Hall–Kier alpha value is -1.33. The van der Waals surface area contributed by atoms with Gasteiger partial charge < -0.3 is 5.32 Å². The van der Waals surface area contributed by atoms with Crippen LogP contribution in [0.5, 0.6) is 0 Å². The lowest BCUT2D eigenvalue weighted by Gasteiger charge is -2.24. The van der Waals surface area contributed by atoms with E-state index < -0.39 is 0 Å². The Bertz CT molecular complexity index is 416. The second-order valence-electron chi connectivity index (χ2n) is 5.31. The molecule has 1 aromatic carbocycles. The van der Waals surface area contributed by atoms with Gasteiger partial charge in [-0.05, 0) is 31.7 Å². The third-order valence-corrected chi connectivity index (χ3v) is 3.99. The van der Waals surface area contributed by atoms with Crippen LogP contribution in [0.3, 0.4) is 0 Å². The molecule has 96 valence electrons. The molecule has 1 aliphatic rings. The maximum Gasteiger partial charge on any atom is 0.0672 e. The van der Waals surface area contributed by atoms with Gasteiger partial charge in [0.1, 0.15) is 0 Å². The molecule has 0 spiro atoms. The van der Waals surface area contributed by atoms with Gasteiger partial charge in [0.2, 0.25) is 0 Å². The smallest absolute Gasteiger partial charge is 0.0672 e. The summed E-state index contributed by atoms with van der Waals surface area (Å²) in [5.41, 5.74) is 2.64. The predicted molar refractivity (Wildman–Crippen MR) is 74.1 cm³/mol. The van der Waals surface area contributed by atoms with Crippen LogP contribution in [-0.4, -0.2) is 6.04 Å². The first-order chi connectivity index (χ1) is 8.74. The summed E-state index contributed by atoms with van der Waals surface area (Å²) < 4.78 is 0. The Morgan fingerprint density at radius 1 is 1.33 bits per heavy atom. The first-order valence-corrected chi connectivity index (χ1v) is 6.96. The summed E-state index contributed by atoms with van der Waals surface area (Å²) in [6, 6.07) is 11.9. The zero-order valence-electron chi connectivity index (χ0n) is 11.3. The highest BCUT2D eigenvalue weighted by Gasteiger charge is 2.28. The molecule has 0 aromatic heterocycles. The maximum absolute atomic E-state index is 9.14. The summed E-state index contributed by atoms with van der Waals surface area (Å²) in [5.74, 6) is 0.199. The van der Waals surface area contributed by atoms with Crippen LogP contribution in [0, 0.1) is 24.2 Å². The fourth-order valence-electron chi connectivity index (χ4n) is 2.82. The molecule has 0 amide bonds. The minimum atomic E-state index is 0.199. The minimum absolute atomic E-state index is 0.199. The van der Waals surface area contributed by atoms with E-state index in [1.165, 1.54) is 17.5 Å². The van der Waals surface area contributed by atoms with Gasteiger partial charge in [-0.25, -0.2) is 0 Å². The number of nitriles is 1. The molecule has 3 atom stereocenters. The lowest BCUT2D eigenvalue weighted by molar-refractivity contribution is 0.394. The summed E-state index contributed by atoms with van der Waals surface area (Å²) in [6.45, 7) is 4.31. The average Bonchev–Trinajstić information content (AvgIpc) is 2.84. The van der Waals surface area contributed by atoms with E-state index in [1.54, 1.807) is 0 Å². The molecule has 1 N–H and O–H groups in total. The van der Waals surface area contributed by atoms with Crippen LogP contribution in [0.2, 0.25) is 0 Å². The Kier molecular flexibility index (Phi) is 4.38. The van der Waals surface area contributed by atoms with Crippen LogP contribution in [0.15, 0.2) is 24.3 Å². The van der Waals surface area contributed by atoms with Crippen molar-refractivity contribution in [1.29, 1.82) is 5.26 Å². The fraction of sp³-hybridized carbons (Fsp3) is 0.562. The zero-order chi connectivity index (χ0) is 13.0. The summed E-state index contributed by atoms with van der Waals surface area (Å²) >= 11 is 0. The second-order valence-corrected chi connectivity index (χ2v) is 5.31. The van der Waals surface area contributed by atoms with E-state index in [0.717, 1.165) is 19.3 Å². The number of benzene rings is 1. The van der Waals surface area contributed by atoms with Gasteiger partial charge in [0, 0.05) is 12.1 Å². The molecule has 0 bridgehead atoms.